The van der Waals surface area contributed by atoms with Crippen LogP contribution in [0.5, 0.6) is 0 Å². The van der Waals surface area contributed by atoms with Gasteiger partial charge in [0.1, 0.15) is 0 Å². The highest BCUT2D eigenvalue weighted by atomic mass is 15.2. The molecule has 426 valence electrons. The Morgan fingerprint density at radius 2 is 0.830 bits per heavy atom. The second-order valence-corrected chi connectivity index (χ2v) is 27.8. The average molecular weight is 1130 g/mol. The summed E-state index contributed by atoms with van der Waals surface area (Å²) >= 11 is 0. The van der Waals surface area contributed by atoms with Crippen LogP contribution in [0.1, 0.15) is 108 Å². The average Bonchev–Trinajstić information content (AvgIpc) is 0.943. The van der Waals surface area contributed by atoms with Crippen LogP contribution >= 0.6 is 0 Å². The van der Waals surface area contributed by atoms with E-state index in [1.165, 1.54) is 144 Å². The Morgan fingerprint density at radius 3 is 1.43 bits per heavy atom. The molecule has 0 heterocycles. The maximum absolute atomic E-state index is 2.79. The van der Waals surface area contributed by atoms with Crippen LogP contribution in [0.25, 0.3) is 77.2 Å². The lowest BCUT2D eigenvalue weighted by atomic mass is 9.76. The van der Waals surface area contributed by atoms with E-state index in [4.69, 9.17) is 0 Å². The molecule has 0 N–H and O–H groups in total. The molecule has 0 saturated heterocycles. The minimum atomic E-state index is -0.221. The van der Waals surface area contributed by atoms with Crippen molar-refractivity contribution in [1.82, 2.24) is 0 Å². The Kier molecular flexibility index (Phi) is 11.4. The normalized spacial score (nSPS) is 17.9. The molecule has 0 bridgehead atoms. The molecule has 0 aliphatic heterocycles. The molecule has 6 aliphatic rings. The number of anilines is 5. The Hall–Kier alpha value is -9.50. The molecule has 0 radical (unpaired) electrons. The fourth-order valence-corrected chi connectivity index (χ4v) is 17.1. The second kappa shape index (κ2) is 19.0. The molecule has 11 aromatic rings. The highest BCUT2D eigenvalue weighted by Gasteiger charge is 2.44. The summed E-state index contributed by atoms with van der Waals surface area (Å²) in [7, 11) is 0. The van der Waals surface area contributed by atoms with Gasteiger partial charge in [0.15, 0.2) is 0 Å². The fourth-order valence-electron chi connectivity index (χ4n) is 17.1. The van der Waals surface area contributed by atoms with Gasteiger partial charge in [0.2, 0.25) is 0 Å². The summed E-state index contributed by atoms with van der Waals surface area (Å²) < 4.78 is 0. The van der Waals surface area contributed by atoms with Crippen LogP contribution in [0.3, 0.4) is 0 Å². The summed E-state index contributed by atoms with van der Waals surface area (Å²) in [5, 5.41) is 4.81. The standard InChI is InChI=1S/C86H72N2/c1-83(2)76-34-22-18-30-64(76)70-49-57(40-46-77(70)83)87(58-37-43-65-61-27-15-19-31-73(61)84(3,4)78(65)50-58)81-68-41-35-56(54-25-13-10-14-26-54)48-72(68)82(69-42-36-55(47-71(69)81)53-23-11-9-12-24-53)88(59-38-44-66-62-28-16-20-32-74(62)85(5,6)79(66)51-59)60-39-45-67-63-29-17-21-33-75(63)86(7,8)80(67)52-60/h9-20,22-32,34-38,40-52,60H,21,33,39H2,1-8H3. The third-order valence-corrected chi connectivity index (χ3v) is 21.7. The summed E-state index contributed by atoms with van der Waals surface area (Å²) in [6.45, 7) is 19.4. The van der Waals surface area contributed by atoms with Gasteiger partial charge >= 0.3 is 0 Å². The molecular weight excluding hydrogens is 1060 g/mol. The van der Waals surface area contributed by atoms with Crippen molar-refractivity contribution in [2.75, 3.05) is 9.80 Å². The van der Waals surface area contributed by atoms with E-state index < -0.39 is 0 Å². The van der Waals surface area contributed by atoms with Crippen LogP contribution in [-0.2, 0) is 16.2 Å². The van der Waals surface area contributed by atoms with E-state index in [1.807, 2.05) is 0 Å². The van der Waals surface area contributed by atoms with E-state index in [0.29, 0.717) is 0 Å². The van der Waals surface area contributed by atoms with Gasteiger partial charge in [-0.25, -0.2) is 0 Å². The molecule has 0 fully saturated rings. The Bertz CT molecular complexity index is 4940. The minimum absolute atomic E-state index is 0.0171. The molecule has 0 aromatic heterocycles. The first-order valence-electron chi connectivity index (χ1n) is 32.0. The molecule has 1 unspecified atom stereocenters. The maximum Gasteiger partial charge on any atom is 0.0620 e. The van der Waals surface area contributed by atoms with Crippen molar-refractivity contribution in [3.63, 3.8) is 0 Å². The van der Waals surface area contributed by atoms with E-state index in [9.17, 15) is 0 Å². The van der Waals surface area contributed by atoms with Crippen LogP contribution < -0.4 is 9.80 Å². The van der Waals surface area contributed by atoms with Gasteiger partial charge in [-0.3, -0.25) is 0 Å². The molecule has 11 aromatic carbocycles. The number of hydrogen-bond acceptors (Lipinski definition) is 2. The van der Waals surface area contributed by atoms with Crippen LogP contribution in [0, 0.1) is 5.41 Å². The zero-order chi connectivity index (χ0) is 59.6. The van der Waals surface area contributed by atoms with Crippen molar-refractivity contribution < 1.29 is 0 Å². The predicted octanol–water partition coefficient (Wildman–Crippen LogP) is 23.2. The third-order valence-electron chi connectivity index (χ3n) is 21.7. The van der Waals surface area contributed by atoms with Gasteiger partial charge in [-0.05, 0) is 174 Å². The van der Waals surface area contributed by atoms with Gasteiger partial charge in [-0.15, -0.1) is 0 Å². The molecule has 88 heavy (non-hydrogen) atoms. The molecule has 1 atom stereocenters. The first-order valence-corrected chi connectivity index (χ1v) is 32.0. The lowest BCUT2D eigenvalue weighted by Gasteiger charge is -2.39. The number of fused-ring (bicyclic) bond motifs is 13. The zero-order valence-corrected chi connectivity index (χ0v) is 51.8. The predicted molar refractivity (Wildman–Crippen MR) is 372 cm³/mol. The molecule has 0 amide bonds. The SMILES string of the molecule is CC1(C)C2=CC(N(c3ccc4c(c3)C(C)(C)c3ccccc3-4)c3c4ccc(-c5ccccc5)cc4c(N(c4ccc5c(c4)-c4ccccc4C5(C)C)c4ccc5c(c4)C(C)(C)c4ccccc4-5)c4ccc(-c5ccccc5)cc34)CC=C2C2=C1CCC=C2. The smallest absolute Gasteiger partial charge is 0.0620 e. The Balaban J connectivity index is 1.00. The van der Waals surface area contributed by atoms with Gasteiger partial charge in [0.25, 0.3) is 0 Å². The van der Waals surface area contributed by atoms with Crippen LogP contribution in [0.4, 0.5) is 28.4 Å². The maximum atomic E-state index is 2.79. The zero-order valence-electron chi connectivity index (χ0n) is 51.8. The minimum Gasteiger partial charge on any atom is -0.333 e. The van der Waals surface area contributed by atoms with Gasteiger partial charge in [-0.2, -0.15) is 0 Å². The molecule has 0 saturated carbocycles. The number of benzene rings is 11. The van der Waals surface area contributed by atoms with Gasteiger partial charge < -0.3 is 9.80 Å². The van der Waals surface area contributed by atoms with E-state index in [0.717, 1.165) is 30.6 Å². The van der Waals surface area contributed by atoms with Crippen molar-refractivity contribution in [3.8, 4) is 55.6 Å². The summed E-state index contributed by atoms with van der Waals surface area (Å²) in [4.78, 5) is 5.45. The first-order chi connectivity index (χ1) is 42.7. The van der Waals surface area contributed by atoms with Crippen LogP contribution in [0.2, 0.25) is 0 Å². The van der Waals surface area contributed by atoms with E-state index in [2.05, 4.69) is 314 Å². The number of hydrogen-bond donors (Lipinski definition) is 0. The number of rotatable bonds is 8. The summed E-state index contributed by atoms with van der Waals surface area (Å²) in [6, 6.07) is 86.3. The van der Waals surface area contributed by atoms with E-state index in [1.54, 1.807) is 5.57 Å². The largest absolute Gasteiger partial charge is 0.333 e. The Morgan fingerprint density at radius 1 is 0.364 bits per heavy atom. The quantitative estimate of drug-likeness (QED) is 0.111. The molecule has 17 rings (SSSR count). The van der Waals surface area contributed by atoms with E-state index >= 15 is 0 Å². The van der Waals surface area contributed by atoms with Gasteiger partial charge in [-0.1, -0.05) is 261 Å². The van der Waals surface area contributed by atoms with Crippen molar-refractivity contribution >= 4 is 50.0 Å². The van der Waals surface area contributed by atoms with Crippen molar-refractivity contribution in [3.05, 3.63) is 304 Å². The highest BCUT2D eigenvalue weighted by molar-refractivity contribution is 6.24. The molecular formula is C86H72N2. The molecule has 2 heteroatoms. The summed E-state index contributed by atoms with van der Waals surface area (Å²) in [6.07, 6.45) is 13.2. The third kappa shape index (κ3) is 7.54. The number of nitrogens with zero attached hydrogens (tertiary/aromatic N) is 2. The van der Waals surface area contributed by atoms with Crippen molar-refractivity contribution in [2.45, 2.75) is 96.9 Å². The lowest BCUT2D eigenvalue weighted by Crippen LogP contribution is -2.33. The van der Waals surface area contributed by atoms with Crippen molar-refractivity contribution in [1.29, 1.82) is 0 Å². The molecule has 6 aliphatic carbocycles. The lowest BCUT2D eigenvalue weighted by molar-refractivity contribution is 0.531. The van der Waals surface area contributed by atoms with Crippen LogP contribution in [-0.4, -0.2) is 6.04 Å². The topological polar surface area (TPSA) is 6.48 Å². The fraction of sp³-hybridized carbons (Fsp3) is 0.186. The summed E-state index contributed by atoms with van der Waals surface area (Å²) in [5.74, 6) is 0. The second-order valence-electron chi connectivity index (χ2n) is 27.8. The molecule has 2 nitrogen and oxygen atoms in total. The van der Waals surface area contributed by atoms with Crippen LogP contribution in [0.15, 0.2) is 271 Å². The van der Waals surface area contributed by atoms with E-state index in [-0.39, 0.29) is 27.7 Å². The highest BCUT2D eigenvalue weighted by Crippen LogP contribution is 2.60. The van der Waals surface area contributed by atoms with Gasteiger partial charge in [0, 0.05) is 60.3 Å². The Labute approximate surface area is 519 Å². The summed E-state index contributed by atoms with van der Waals surface area (Å²) in [5.41, 5.74) is 32.0. The number of allylic oxidation sites excluding steroid dienone is 6. The monoisotopic (exact) mass is 1130 g/mol. The van der Waals surface area contributed by atoms with Crippen molar-refractivity contribution in [2.24, 2.45) is 5.41 Å². The van der Waals surface area contributed by atoms with Gasteiger partial charge in [0.05, 0.1) is 17.4 Å². The first kappa shape index (κ1) is 52.8. The molecule has 0 spiro atoms.